The molecule has 1 fully saturated rings. The van der Waals surface area contributed by atoms with Gasteiger partial charge in [-0.05, 0) is 5.92 Å². The summed E-state index contributed by atoms with van der Waals surface area (Å²) in [6.07, 6.45) is 0.0386. The molecule has 0 aromatic carbocycles. The molecule has 0 radical (unpaired) electrons. The van der Waals surface area contributed by atoms with Crippen LogP contribution in [0.2, 0.25) is 0 Å². The van der Waals surface area contributed by atoms with Crippen LogP contribution in [0.3, 0.4) is 0 Å². The number of aliphatic hydroxyl groups is 1. The van der Waals surface area contributed by atoms with Crippen molar-refractivity contribution < 1.29 is 19.4 Å². The summed E-state index contributed by atoms with van der Waals surface area (Å²) >= 11 is 0. The average Bonchev–Trinajstić information content (AvgIpc) is 2.58. The average molecular weight is 229 g/mol. The lowest BCUT2D eigenvalue weighted by Gasteiger charge is -2.23. The first kappa shape index (κ1) is 13.0. The molecule has 2 atom stereocenters. The summed E-state index contributed by atoms with van der Waals surface area (Å²) in [5.74, 6) is -0.306. The molecular formula is C11H19NO4. The monoisotopic (exact) mass is 229 g/mol. The number of likely N-dealkylation sites (tertiary alicyclic amines) is 1. The lowest BCUT2D eigenvalue weighted by atomic mass is 10.1. The Morgan fingerprint density at radius 1 is 1.50 bits per heavy atom. The van der Waals surface area contributed by atoms with Gasteiger partial charge in [-0.1, -0.05) is 13.8 Å². The molecular weight excluding hydrogens is 210 g/mol. The number of carbonyl (C=O) groups excluding carboxylic acids is 2. The Hall–Kier alpha value is -1.10. The first-order valence-corrected chi connectivity index (χ1v) is 5.51. The fourth-order valence-corrected chi connectivity index (χ4v) is 1.92. The van der Waals surface area contributed by atoms with Crippen LogP contribution >= 0.6 is 0 Å². The molecule has 1 saturated heterocycles. The molecule has 1 rings (SSSR count). The van der Waals surface area contributed by atoms with Gasteiger partial charge in [-0.25, -0.2) is 4.79 Å². The number of aliphatic hydroxyl groups excluding tert-OH is 1. The molecule has 0 unspecified atom stereocenters. The van der Waals surface area contributed by atoms with Crippen LogP contribution in [-0.2, 0) is 14.3 Å². The highest BCUT2D eigenvalue weighted by Crippen LogP contribution is 2.21. The second kappa shape index (κ2) is 5.30. The lowest BCUT2D eigenvalue weighted by molar-refractivity contribution is -0.151. The van der Waals surface area contributed by atoms with Crippen LogP contribution < -0.4 is 0 Å². The maximum Gasteiger partial charge on any atom is 0.328 e. The number of esters is 1. The molecule has 92 valence electrons. The Balaban J connectivity index is 2.69. The van der Waals surface area contributed by atoms with Gasteiger partial charge in [0.05, 0.1) is 13.2 Å². The second-order valence-electron chi connectivity index (χ2n) is 4.57. The summed E-state index contributed by atoms with van der Waals surface area (Å²) in [6.45, 7) is 4.11. The van der Waals surface area contributed by atoms with Gasteiger partial charge < -0.3 is 14.7 Å². The van der Waals surface area contributed by atoms with Gasteiger partial charge in [-0.2, -0.15) is 0 Å². The predicted molar refractivity (Wildman–Crippen MR) is 57.6 cm³/mol. The normalized spacial score (nSPS) is 24.9. The van der Waals surface area contributed by atoms with Crippen molar-refractivity contribution in [2.24, 2.45) is 5.92 Å². The summed E-state index contributed by atoms with van der Waals surface area (Å²) in [7, 11) is 1.29. The molecule has 5 heteroatoms. The standard InChI is InChI=1S/C11H19NO4/c1-7(2)4-10(14)12-6-8(13)5-9(12)11(15)16-3/h7-9,13H,4-6H2,1-3H3/t8-,9+/m1/s1. The van der Waals surface area contributed by atoms with Crippen LogP contribution in [-0.4, -0.2) is 47.7 Å². The van der Waals surface area contributed by atoms with Crippen molar-refractivity contribution in [1.82, 2.24) is 4.90 Å². The number of ether oxygens (including phenoxy) is 1. The summed E-state index contributed by atoms with van der Waals surface area (Å²) in [5, 5.41) is 9.50. The van der Waals surface area contributed by atoms with Crippen molar-refractivity contribution in [3.8, 4) is 0 Å². The second-order valence-corrected chi connectivity index (χ2v) is 4.57. The van der Waals surface area contributed by atoms with Crippen LogP contribution in [0.15, 0.2) is 0 Å². The highest BCUT2D eigenvalue weighted by Gasteiger charge is 2.39. The molecule has 1 aliphatic heterocycles. The summed E-state index contributed by atoms with van der Waals surface area (Å²) < 4.78 is 4.62. The molecule has 0 aromatic heterocycles. The van der Waals surface area contributed by atoms with Gasteiger partial charge in [0, 0.05) is 19.4 Å². The zero-order valence-corrected chi connectivity index (χ0v) is 9.97. The van der Waals surface area contributed by atoms with E-state index in [4.69, 9.17) is 0 Å². The van der Waals surface area contributed by atoms with E-state index in [-0.39, 0.29) is 24.8 Å². The van der Waals surface area contributed by atoms with Gasteiger partial charge in [-0.3, -0.25) is 4.79 Å². The topological polar surface area (TPSA) is 66.8 Å². The van der Waals surface area contributed by atoms with Crippen molar-refractivity contribution in [3.05, 3.63) is 0 Å². The Labute approximate surface area is 95.4 Å². The fraction of sp³-hybridized carbons (Fsp3) is 0.818. The summed E-state index contributed by atoms with van der Waals surface area (Å²) in [5.41, 5.74) is 0. The van der Waals surface area contributed by atoms with Gasteiger partial charge in [0.1, 0.15) is 6.04 Å². The number of hydrogen-bond acceptors (Lipinski definition) is 4. The summed E-state index contributed by atoms with van der Waals surface area (Å²) in [6, 6.07) is -0.619. The van der Waals surface area contributed by atoms with Crippen molar-refractivity contribution in [1.29, 1.82) is 0 Å². The van der Waals surface area contributed by atoms with Crippen LogP contribution in [0.5, 0.6) is 0 Å². The Kier molecular flexibility index (Phi) is 4.29. The van der Waals surface area contributed by atoms with Crippen molar-refractivity contribution in [3.63, 3.8) is 0 Å². The number of methoxy groups -OCH3 is 1. The lowest BCUT2D eigenvalue weighted by Crippen LogP contribution is -2.41. The van der Waals surface area contributed by atoms with Crippen LogP contribution in [0.1, 0.15) is 26.7 Å². The Morgan fingerprint density at radius 2 is 2.12 bits per heavy atom. The smallest absolute Gasteiger partial charge is 0.328 e. The number of amides is 1. The van der Waals surface area contributed by atoms with Crippen LogP contribution in [0.25, 0.3) is 0 Å². The van der Waals surface area contributed by atoms with Gasteiger partial charge >= 0.3 is 5.97 Å². The third kappa shape index (κ3) is 2.95. The number of rotatable bonds is 3. The first-order valence-electron chi connectivity index (χ1n) is 5.51. The highest BCUT2D eigenvalue weighted by molar-refractivity contribution is 5.85. The number of nitrogens with zero attached hydrogens (tertiary/aromatic N) is 1. The molecule has 0 aromatic rings. The largest absolute Gasteiger partial charge is 0.467 e. The number of hydrogen-bond donors (Lipinski definition) is 1. The van der Waals surface area contributed by atoms with E-state index in [1.165, 1.54) is 12.0 Å². The van der Waals surface area contributed by atoms with Crippen LogP contribution in [0, 0.1) is 5.92 Å². The molecule has 0 saturated carbocycles. The quantitative estimate of drug-likeness (QED) is 0.700. The minimum absolute atomic E-state index is 0.0954. The van der Waals surface area contributed by atoms with E-state index >= 15 is 0 Å². The maximum absolute atomic E-state index is 11.8. The summed E-state index contributed by atoms with van der Waals surface area (Å²) in [4.78, 5) is 24.7. The van der Waals surface area contributed by atoms with E-state index in [1.54, 1.807) is 0 Å². The molecule has 1 N–H and O–H groups in total. The SMILES string of the molecule is COC(=O)[C@@H]1C[C@@H](O)CN1C(=O)CC(C)C. The van der Waals surface area contributed by atoms with E-state index in [0.29, 0.717) is 6.42 Å². The van der Waals surface area contributed by atoms with E-state index < -0.39 is 18.1 Å². The van der Waals surface area contributed by atoms with Crippen molar-refractivity contribution >= 4 is 11.9 Å². The number of carbonyl (C=O) groups is 2. The molecule has 0 spiro atoms. The van der Waals surface area contributed by atoms with E-state index in [1.807, 2.05) is 13.8 Å². The van der Waals surface area contributed by atoms with Gasteiger partial charge in [-0.15, -0.1) is 0 Å². The Bertz CT molecular complexity index is 277. The third-order valence-corrected chi connectivity index (χ3v) is 2.66. The highest BCUT2D eigenvalue weighted by atomic mass is 16.5. The molecule has 1 aliphatic rings. The van der Waals surface area contributed by atoms with Crippen LogP contribution in [0.4, 0.5) is 0 Å². The molecule has 1 amide bonds. The van der Waals surface area contributed by atoms with E-state index in [2.05, 4.69) is 4.74 Å². The van der Waals surface area contributed by atoms with Crippen molar-refractivity contribution in [2.75, 3.05) is 13.7 Å². The minimum Gasteiger partial charge on any atom is -0.467 e. The fourth-order valence-electron chi connectivity index (χ4n) is 1.92. The zero-order chi connectivity index (χ0) is 12.3. The first-order chi connectivity index (χ1) is 7.45. The van der Waals surface area contributed by atoms with Gasteiger partial charge in [0.15, 0.2) is 0 Å². The third-order valence-electron chi connectivity index (χ3n) is 2.66. The maximum atomic E-state index is 11.8. The van der Waals surface area contributed by atoms with E-state index in [0.717, 1.165) is 0 Å². The van der Waals surface area contributed by atoms with E-state index in [9.17, 15) is 14.7 Å². The molecule has 0 aliphatic carbocycles. The molecule has 16 heavy (non-hydrogen) atoms. The molecule has 1 heterocycles. The van der Waals surface area contributed by atoms with Gasteiger partial charge in [0.25, 0.3) is 0 Å². The minimum atomic E-state index is -0.625. The molecule has 0 bridgehead atoms. The Morgan fingerprint density at radius 3 is 2.62 bits per heavy atom. The van der Waals surface area contributed by atoms with Crippen molar-refractivity contribution in [2.45, 2.75) is 38.8 Å². The van der Waals surface area contributed by atoms with Gasteiger partial charge in [0.2, 0.25) is 5.91 Å². The predicted octanol–water partition coefficient (Wildman–Crippen LogP) is 0.167. The zero-order valence-electron chi connectivity index (χ0n) is 9.97. The molecule has 5 nitrogen and oxygen atoms in total. The number of β-amino-alcohol motifs (C(OH)–C–C–N with tert-alkyl or cyclic N) is 1.